The zero-order chi connectivity index (χ0) is 14.0. The number of piperidine rings is 1. The molecule has 0 atom stereocenters. The smallest absolute Gasteiger partial charge is 0.257 e. The number of amides is 1. The predicted molar refractivity (Wildman–Crippen MR) is 75.3 cm³/mol. The highest BCUT2D eigenvalue weighted by Gasteiger charge is 2.27. The summed E-state index contributed by atoms with van der Waals surface area (Å²) in [5.41, 5.74) is 2.39. The van der Waals surface area contributed by atoms with E-state index in [1.807, 2.05) is 25.8 Å². The average Bonchev–Trinajstić information content (AvgIpc) is 2.77. The lowest BCUT2D eigenvalue weighted by Gasteiger charge is -2.36. The lowest BCUT2D eigenvalue weighted by molar-refractivity contribution is 0.0645. The summed E-state index contributed by atoms with van der Waals surface area (Å²) in [5.74, 6) is 0.0960. The molecule has 19 heavy (non-hydrogen) atoms. The van der Waals surface area contributed by atoms with Crippen LogP contribution in [0, 0.1) is 13.8 Å². The van der Waals surface area contributed by atoms with Gasteiger partial charge < -0.3 is 9.80 Å². The molecule has 2 rings (SSSR count). The number of rotatable bonds is 3. The van der Waals surface area contributed by atoms with Gasteiger partial charge in [0.2, 0.25) is 0 Å². The van der Waals surface area contributed by atoms with E-state index in [1.165, 1.54) is 0 Å². The van der Waals surface area contributed by atoms with Gasteiger partial charge in [-0.1, -0.05) is 6.92 Å². The molecule has 1 aromatic rings. The van der Waals surface area contributed by atoms with Crippen molar-refractivity contribution < 1.29 is 4.79 Å². The molecule has 1 aliphatic rings. The van der Waals surface area contributed by atoms with Crippen LogP contribution >= 0.6 is 0 Å². The summed E-state index contributed by atoms with van der Waals surface area (Å²) in [7, 11) is 1.92. The van der Waals surface area contributed by atoms with Crippen molar-refractivity contribution in [3.05, 3.63) is 17.0 Å². The standard InChI is InChI=1S/C14H24N4O/c1-5-18-8-6-12(7-9-18)17(4)14(19)13-10(2)15-16-11(13)3/h12H,5-9H2,1-4H3,(H,15,16). The Labute approximate surface area is 115 Å². The zero-order valence-electron chi connectivity index (χ0n) is 12.4. The molecule has 0 saturated carbocycles. The van der Waals surface area contributed by atoms with Crippen molar-refractivity contribution in [1.29, 1.82) is 0 Å². The molecule has 5 heteroatoms. The van der Waals surface area contributed by atoms with Crippen molar-refractivity contribution in [2.24, 2.45) is 0 Å². The van der Waals surface area contributed by atoms with E-state index < -0.39 is 0 Å². The lowest BCUT2D eigenvalue weighted by Crippen LogP contribution is -2.45. The van der Waals surface area contributed by atoms with E-state index in [9.17, 15) is 4.79 Å². The van der Waals surface area contributed by atoms with Crippen molar-refractivity contribution in [3.8, 4) is 0 Å². The highest BCUT2D eigenvalue weighted by molar-refractivity contribution is 5.96. The van der Waals surface area contributed by atoms with Crippen LogP contribution < -0.4 is 0 Å². The molecule has 2 heterocycles. The molecular formula is C14H24N4O. The number of hydrogen-bond donors (Lipinski definition) is 1. The number of aromatic nitrogens is 2. The first-order valence-corrected chi connectivity index (χ1v) is 7.05. The maximum atomic E-state index is 12.6. The molecule has 106 valence electrons. The first-order valence-electron chi connectivity index (χ1n) is 7.05. The second kappa shape index (κ2) is 5.74. The Morgan fingerprint density at radius 2 is 2.05 bits per heavy atom. The molecule has 1 fully saturated rings. The molecule has 1 amide bonds. The van der Waals surface area contributed by atoms with E-state index >= 15 is 0 Å². The minimum Gasteiger partial charge on any atom is -0.339 e. The van der Waals surface area contributed by atoms with Crippen LogP contribution in [0.2, 0.25) is 0 Å². The third kappa shape index (κ3) is 2.81. The van der Waals surface area contributed by atoms with Gasteiger partial charge in [-0.25, -0.2) is 0 Å². The number of hydrogen-bond acceptors (Lipinski definition) is 3. The van der Waals surface area contributed by atoms with E-state index in [0.717, 1.165) is 49.4 Å². The maximum absolute atomic E-state index is 12.6. The van der Waals surface area contributed by atoms with Gasteiger partial charge >= 0.3 is 0 Å². The van der Waals surface area contributed by atoms with E-state index in [-0.39, 0.29) is 5.91 Å². The highest BCUT2D eigenvalue weighted by atomic mass is 16.2. The van der Waals surface area contributed by atoms with Crippen LogP contribution in [0.15, 0.2) is 0 Å². The molecule has 0 spiro atoms. The maximum Gasteiger partial charge on any atom is 0.257 e. The fourth-order valence-corrected chi connectivity index (χ4v) is 2.83. The van der Waals surface area contributed by atoms with E-state index in [0.29, 0.717) is 6.04 Å². The fraction of sp³-hybridized carbons (Fsp3) is 0.714. The Kier molecular flexibility index (Phi) is 4.24. The number of nitrogens with zero attached hydrogens (tertiary/aromatic N) is 3. The van der Waals surface area contributed by atoms with Gasteiger partial charge in [0, 0.05) is 31.9 Å². The predicted octanol–water partition coefficient (Wildman–Crippen LogP) is 1.58. The molecule has 0 radical (unpaired) electrons. The summed E-state index contributed by atoms with van der Waals surface area (Å²) in [4.78, 5) is 16.9. The van der Waals surface area contributed by atoms with Crippen LogP contribution in [-0.4, -0.2) is 58.6 Å². The summed E-state index contributed by atoms with van der Waals surface area (Å²) in [6.45, 7) is 9.24. The van der Waals surface area contributed by atoms with Gasteiger partial charge in [-0.3, -0.25) is 9.89 Å². The second-order valence-corrected chi connectivity index (χ2v) is 5.39. The largest absolute Gasteiger partial charge is 0.339 e. The third-order valence-corrected chi connectivity index (χ3v) is 4.21. The number of H-pyrrole nitrogens is 1. The number of carbonyl (C=O) groups is 1. The third-order valence-electron chi connectivity index (χ3n) is 4.21. The molecule has 1 saturated heterocycles. The van der Waals surface area contributed by atoms with Crippen molar-refractivity contribution >= 4 is 5.91 Å². The van der Waals surface area contributed by atoms with Crippen LogP contribution in [-0.2, 0) is 0 Å². The summed E-state index contributed by atoms with van der Waals surface area (Å²) >= 11 is 0. The molecule has 0 bridgehead atoms. The van der Waals surface area contributed by atoms with Crippen molar-refractivity contribution in [2.75, 3.05) is 26.7 Å². The SMILES string of the molecule is CCN1CCC(N(C)C(=O)c2c(C)n[nH]c2C)CC1. The first kappa shape index (κ1) is 14.1. The summed E-state index contributed by atoms with van der Waals surface area (Å²) in [6.07, 6.45) is 2.12. The van der Waals surface area contributed by atoms with Crippen LogP contribution in [0.4, 0.5) is 0 Å². The second-order valence-electron chi connectivity index (χ2n) is 5.39. The summed E-state index contributed by atoms with van der Waals surface area (Å²) < 4.78 is 0. The van der Waals surface area contributed by atoms with Gasteiger partial charge in [-0.2, -0.15) is 5.10 Å². The Morgan fingerprint density at radius 1 is 1.42 bits per heavy atom. The monoisotopic (exact) mass is 264 g/mol. The van der Waals surface area contributed by atoms with Gasteiger partial charge in [0.1, 0.15) is 0 Å². The Hall–Kier alpha value is -1.36. The van der Waals surface area contributed by atoms with Crippen molar-refractivity contribution in [1.82, 2.24) is 20.0 Å². The van der Waals surface area contributed by atoms with Crippen LogP contribution in [0.3, 0.4) is 0 Å². The van der Waals surface area contributed by atoms with Gasteiger partial charge in [-0.15, -0.1) is 0 Å². The zero-order valence-corrected chi connectivity index (χ0v) is 12.4. The average molecular weight is 264 g/mol. The van der Waals surface area contributed by atoms with Gasteiger partial charge in [-0.05, 0) is 33.2 Å². The van der Waals surface area contributed by atoms with Gasteiger partial charge in [0.25, 0.3) is 5.91 Å². The molecular weight excluding hydrogens is 240 g/mol. The van der Waals surface area contributed by atoms with E-state index in [1.54, 1.807) is 0 Å². The summed E-state index contributed by atoms with van der Waals surface area (Å²) in [5, 5.41) is 7.00. The molecule has 0 aliphatic carbocycles. The number of carbonyl (C=O) groups excluding carboxylic acids is 1. The number of likely N-dealkylation sites (tertiary alicyclic amines) is 1. The highest BCUT2D eigenvalue weighted by Crippen LogP contribution is 2.19. The Morgan fingerprint density at radius 3 is 2.53 bits per heavy atom. The van der Waals surface area contributed by atoms with Gasteiger partial charge in [0.05, 0.1) is 11.3 Å². The Bertz CT molecular complexity index is 427. The molecule has 0 aromatic carbocycles. The quantitative estimate of drug-likeness (QED) is 0.902. The molecule has 1 aromatic heterocycles. The van der Waals surface area contributed by atoms with Gasteiger partial charge in [0.15, 0.2) is 0 Å². The first-order chi connectivity index (χ1) is 9.04. The molecule has 0 unspecified atom stereocenters. The number of aromatic amines is 1. The topological polar surface area (TPSA) is 52.2 Å². The van der Waals surface area contributed by atoms with Crippen LogP contribution in [0.25, 0.3) is 0 Å². The van der Waals surface area contributed by atoms with Crippen LogP contribution in [0.5, 0.6) is 0 Å². The Balaban J connectivity index is 2.04. The minimum atomic E-state index is 0.0960. The molecule has 5 nitrogen and oxygen atoms in total. The van der Waals surface area contributed by atoms with E-state index in [2.05, 4.69) is 22.0 Å². The molecule has 1 aliphatic heterocycles. The van der Waals surface area contributed by atoms with Crippen LogP contribution in [0.1, 0.15) is 41.5 Å². The van der Waals surface area contributed by atoms with Crippen molar-refractivity contribution in [2.45, 2.75) is 39.7 Å². The minimum absolute atomic E-state index is 0.0960. The summed E-state index contributed by atoms with van der Waals surface area (Å²) in [6, 6.07) is 0.351. The van der Waals surface area contributed by atoms with Crippen molar-refractivity contribution in [3.63, 3.8) is 0 Å². The lowest BCUT2D eigenvalue weighted by atomic mass is 10.0. The van der Waals surface area contributed by atoms with E-state index in [4.69, 9.17) is 0 Å². The molecule has 1 N–H and O–H groups in total. The fourth-order valence-electron chi connectivity index (χ4n) is 2.83. The number of nitrogens with one attached hydrogen (secondary N) is 1. The number of aryl methyl sites for hydroxylation is 2. The normalized spacial score (nSPS) is 17.7.